The van der Waals surface area contributed by atoms with Gasteiger partial charge in [-0.15, -0.1) is 0 Å². The third-order valence-corrected chi connectivity index (χ3v) is 14.5. The molecule has 0 unspecified atom stereocenters. The average Bonchev–Trinajstić information content (AvgIpc) is 3.53. The van der Waals surface area contributed by atoms with Gasteiger partial charge < -0.3 is 19.6 Å². The molecule has 388 valence electrons. The summed E-state index contributed by atoms with van der Waals surface area (Å²) >= 11 is 0. The Morgan fingerprint density at radius 3 is 0.600 bits per heavy atom. The van der Waals surface area contributed by atoms with Crippen molar-refractivity contribution in [3.63, 3.8) is 0 Å². The summed E-state index contributed by atoms with van der Waals surface area (Å²) in [6.07, 6.45) is 0. The van der Waals surface area contributed by atoms with Gasteiger partial charge in [-0.1, -0.05) is 193 Å². The van der Waals surface area contributed by atoms with E-state index in [1.807, 2.05) is 0 Å². The number of anilines is 12. The van der Waals surface area contributed by atoms with Crippen molar-refractivity contribution in [2.75, 3.05) is 19.6 Å². The fourth-order valence-corrected chi connectivity index (χ4v) is 10.3. The summed E-state index contributed by atoms with van der Waals surface area (Å²) in [6, 6.07) is 112. The highest BCUT2D eigenvalue weighted by Crippen LogP contribution is 2.41. The summed E-state index contributed by atoms with van der Waals surface area (Å²) in [6.45, 7) is 8.57. The second kappa shape index (κ2) is 24.4. The molecule has 0 aliphatic carbocycles. The van der Waals surface area contributed by atoms with Crippen LogP contribution in [0.2, 0.25) is 0 Å². The lowest BCUT2D eigenvalue weighted by atomic mass is 10.0. The summed E-state index contributed by atoms with van der Waals surface area (Å²) in [5.41, 5.74) is 23.5. The average molecular weight is 1030 g/mol. The summed E-state index contributed by atoms with van der Waals surface area (Å²) in [5, 5.41) is 0. The number of aryl methyl sites for hydroxylation is 4. The first-order chi connectivity index (χ1) is 39.3. The van der Waals surface area contributed by atoms with Crippen LogP contribution >= 0.6 is 0 Å². The number of benzene rings is 12. The van der Waals surface area contributed by atoms with Crippen LogP contribution in [0.5, 0.6) is 0 Å². The minimum absolute atomic E-state index is 1.13. The van der Waals surface area contributed by atoms with Crippen molar-refractivity contribution >= 4 is 68.2 Å². The second-order valence-corrected chi connectivity index (χ2v) is 20.1. The number of hydrogen-bond acceptors (Lipinski definition) is 4. The normalized spacial score (nSPS) is 10.8. The van der Waals surface area contributed by atoms with E-state index >= 15 is 0 Å². The summed E-state index contributed by atoms with van der Waals surface area (Å²) < 4.78 is 0. The Labute approximate surface area is 473 Å². The van der Waals surface area contributed by atoms with Crippen LogP contribution < -0.4 is 19.6 Å². The molecule has 0 spiro atoms. The number of nitrogens with zero attached hydrogens (tertiary/aromatic N) is 4. The standard InChI is InChI=1S/2C38H32N2/c1-29-13-9-11-19-37(29)39(33-15-5-3-6-16-33)35-25-21-31(22-26-35)32-23-27-36(28-24-32)40(34-17-7-4-8-18-34)38-20-12-10-14-30(38)2;1-29-13-21-35(22-14-29)39(33-9-5-3-6-10-33)37-25-17-31(18-26-37)32-19-27-38(28-20-32)40(34-11-7-4-8-12-34)36-23-15-30(2)16-24-36/h2*3-28H,1-2H3. The minimum atomic E-state index is 1.13. The highest BCUT2D eigenvalue weighted by atomic mass is 15.2. The molecule has 80 heavy (non-hydrogen) atoms. The smallest absolute Gasteiger partial charge is 0.0490 e. The second-order valence-electron chi connectivity index (χ2n) is 20.1. The monoisotopic (exact) mass is 1030 g/mol. The van der Waals surface area contributed by atoms with E-state index < -0.39 is 0 Å². The van der Waals surface area contributed by atoms with Crippen LogP contribution in [-0.2, 0) is 0 Å². The van der Waals surface area contributed by atoms with Crippen LogP contribution in [-0.4, -0.2) is 0 Å². The van der Waals surface area contributed by atoms with Gasteiger partial charge in [0.05, 0.1) is 0 Å². The van der Waals surface area contributed by atoms with Gasteiger partial charge in [0, 0.05) is 68.2 Å². The molecule has 0 aliphatic heterocycles. The van der Waals surface area contributed by atoms with E-state index in [9.17, 15) is 0 Å². The molecule has 12 rings (SSSR count). The van der Waals surface area contributed by atoms with Crippen molar-refractivity contribution in [2.45, 2.75) is 27.7 Å². The summed E-state index contributed by atoms with van der Waals surface area (Å²) in [7, 11) is 0. The minimum Gasteiger partial charge on any atom is -0.311 e. The Hall–Kier alpha value is -10.2. The molecule has 4 heteroatoms. The number of para-hydroxylation sites is 6. The lowest BCUT2D eigenvalue weighted by Gasteiger charge is -2.27. The SMILES string of the molecule is Cc1ccc(N(c2ccccc2)c2ccc(-c3ccc(N(c4ccccc4)c4ccc(C)cc4)cc3)cc2)cc1.Cc1ccccc1N(c1ccccc1)c1ccc(-c2ccc(N(c3ccccc3)c3ccccc3C)cc2)cc1. The van der Waals surface area contributed by atoms with Crippen LogP contribution in [0.3, 0.4) is 0 Å². The maximum absolute atomic E-state index is 2.32. The van der Waals surface area contributed by atoms with Gasteiger partial charge in [0.1, 0.15) is 0 Å². The fraction of sp³-hybridized carbons (Fsp3) is 0.0526. The molecule has 12 aromatic carbocycles. The summed E-state index contributed by atoms with van der Waals surface area (Å²) in [4.78, 5) is 9.24. The van der Waals surface area contributed by atoms with E-state index in [-0.39, 0.29) is 0 Å². The predicted molar refractivity (Wildman–Crippen MR) is 341 cm³/mol. The number of hydrogen-bond donors (Lipinski definition) is 0. The maximum atomic E-state index is 2.32. The molecule has 0 saturated heterocycles. The Balaban J connectivity index is 0.000000169. The Kier molecular flexibility index (Phi) is 15.9. The van der Waals surface area contributed by atoms with E-state index in [1.165, 1.54) is 55.9 Å². The molecule has 0 amide bonds. The van der Waals surface area contributed by atoms with Crippen molar-refractivity contribution in [3.8, 4) is 22.3 Å². The summed E-state index contributed by atoms with van der Waals surface area (Å²) in [5.74, 6) is 0. The molecule has 0 saturated carbocycles. The van der Waals surface area contributed by atoms with Gasteiger partial charge in [-0.2, -0.15) is 0 Å². The van der Waals surface area contributed by atoms with E-state index in [0.717, 1.165) is 56.9 Å². The van der Waals surface area contributed by atoms with Crippen molar-refractivity contribution < 1.29 is 0 Å². The van der Waals surface area contributed by atoms with Gasteiger partial charge in [-0.05, 0) is 195 Å². The largest absolute Gasteiger partial charge is 0.311 e. The van der Waals surface area contributed by atoms with Gasteiger partial charge in [0.2, 0.25) is 0 Å². The molecule has 0 heterocycles. The van der Waals surface area contributed by atoms with Gasteiger partial charge >= 0.3 is 0 Å². The molecule has 0 aliphatic rings. The first-order valence-corrected chi connectivity index (χ1v) is 27.4. The quantitative estimate of drug-likeness (QED) is 0.108. The topological polar surface area (TPSA) is 13.0 Å². The van der Waals surface area contributed by atoms with Gasteiger partial charge in [-0.3, -0.25) is 0 Å². The van der Waals surface area contributed by atoms with Crippen LogP contribution in [0.15, 0.2) is 315 Å². The zero-order chi connectivity index (χ0) is 54.6. The molecule has 0 radical (unpaired) electrons. The van der Waals surface area contributed by atoms with Crippen LogP contribution in [0, 0.1) is 27.7 Å². The van der Waals surface area contributed by atoms with Crippen molar-refractivity contribution in [3.05, 3.63) is 338 Å². The van der Waals surface area contributed by atoms with Crippen LogP contribution in [0.1, 0.15) is 22.3 Å². The molecule has 0 fully saturated rings. The fourth-order valence-electron chi connectivity index (χ4n) is 10.3. The molecule has 0 aromatic heterocycles. The molecule has 4 nitrogen and oxygen atoms in total. The van der Waals surface area contributed by atoms with E-state index in [2.05, 4.69) is 363 Å². The highest BCUT2D eigenvalue weighted by molar-refractivity contribution is 5.84. The molecular formula is C76H64N4. The van der Waals surface area contributed by atoms with Crippen molar-refractivity contribution in [1.82, 2.24) is 0 Å². The van der Waals surface area contributed by atoms with Crippen LogP contribution in [0.25, 0.3) is 22.3 Å². The Morgan fingerprint density at radius 1 is 0.163 bits per heavy atom. The predicted octanol–water partition coefficient (Wildman–Crippen LogP) is 21.8. The Morgan fingerprint density at radius 2 is 0.350 bits per heavy atom. The first-order valence-electron chi connectivity index (χ1n) is 27.4. The van der Waals surface area contributed by atoms with Gasteiger partial charge in [0.15, 0.2) is 0 Å². The lowest BCUT2D eigenvalue weighted by molar-refractivity contribution is 1.25. The Bertz CT molecular complexity index is 3610. The van der Waals surface area contributed by atoms with E-state index in [0.29, 0.717) is 0 Å². The lowest BCUT2D eigenvalue weighted by Crippen LogP contribution is -2.11. The van der Waals surface area contributed by atoms with E-state index in [4.69, 9.17) is 0 Å². The number of rotatable bonds is 14. The third kappa shape index (κ3) is 11.9. The highest BCUT2D eigenvalue weighted by Gasteiger charge is 2.18. The van der Waals surface area contributed by atoms with Crippen molar-refractivity contribution in [1.29, 1.82) is 0 Å². The zero-order valence-electron chi connectivity index (χ0n) is 45.8. The third-order valence-electron chi connectivity index (χ3n) is 14.5. The van der Waals surface area contributed by atoms with Gasteiger partial charge in [-0.25, -0.2) is 0 Å². The first kappa shape index (κ1) is 51.9. The molecule has 0 atom stereocenters. The molecule has 12 aromatic rings. The molecular weight excluding hydrogens is 969 g/mol. The molecule has 0 N–H and O–H groups in total. The van der Waals surface area contributed by atoms with Crippen LogP contribution in [0.4, 0.5) is 68.2 Å². The molecule has 0 bridgehead atoms. The van der Waals surface area contributed by atoms with E-state index in [1.54, 1.807) is 0 Å². The maximum Gasteiger partial charge on any atom is 0.0490 e. The van der Waals surface area contributed by atoms with Crippen molar-refractivity contribution in [2.24, 2.45) is 0 Å². The van der Waals surface area contributed by atoms with Gasteiger partial charge in [0.25, 0.3) is 0 Å². The zero-order valence-corrected chi connectivity index (χ0v) is 45.8.